The first-order valence-corrected chi connectivity index (χ1v) is 7.30. The van der Waals surface area contributed by atoms with Gasteiger partial charge in [0, 0.05) is 4.90 Å². The smallest absolute Gasteiger partial charge is 0.174 e. The highest BCUT2D eigenvalue weighted by Crippen LogP contribution is 2.31. The molecular weight excluding hydrogens is 248 g/mol. The molecule has 0 heterocycles. The Morgan fingerprint density at radius 1 is 1.44 bits per heavy atom. The second-order valence-electron chi connectivity index (χ2n) is 4.34. The standard InChI is InChI=1S/C13H18N2O2S/c1-18-11-8-4-7-10(12(11)13(14)15-16)17-9-5-2-3-6-9/h4,7-9,16H,2-3,5-6H2,1H3,(H2,14,15). The predicted octanol–water partition coefficient (Wildman–Crippen LogP) is 2.82. The van der Waals surface area contributed by atoms with E-state index in [1.54, 1.807) is 11.8 Å². The molecule has 0 amide bonds. The molecular formula is C13H18N2O2S. The third-order valence-corrected chi connectivity index (χ3v) is 3.95. The number of benzene rings is 1. The molecule has 1 fully saturated rings. The maximum Gasteiger partial charge on any atom is 0.174 e. The Bertz CT molecular complexity index is 443. The predicted molar refractivity (Wildman–Crippen MR) is 73.6 cm³/mol. The number of rotatable bonds is 4. The van der Waals surface area contributed by atoms with E-state index in [9.17, 15) is 0 Å². The molecule has 1 aliphatic carbocycles. The van der Waals surface area contributed by atoms with Crippen LogP contribution in [0.5, 0.6) is 5.75 Å². The number of nitrogens with zero attached hydrogens (tertiary/aromatic N) is 1. The highest BCUT2D eigenvalue weighted by Gasteiger charge is 2.20. The first-order valence-electron chi connectivity index (χ1n) is 6.07. The number of amidine groups is 1. The van der Waals surface area contributed by atoms with Crippen LogP contribution in [0.4, 0.5) is 0 Å². The van der Waals surface area contributed by atoms with E-state index in [1.165, 1.54) is 12.8 Å². The fourth-order valence-electron chi connectivity index (χ4n) is 2.27. The summed E-state index contributed by atoms with van der Waals surface area (Å²) in [4.78, 5) is 0.959. The molecule has 1 aromatic rings. The van der Waals surface area contributed by atoms with Gasteiger partial charge in [-0.2, -0.15) is 0 Å². The fraction of sp³-hybridized carbons (Fsp3) is 0.462. The lowest BCUT2D eigenvalue weighted by atomic mass is 10.1. The van der Waals surface area contributed by atoms with Crippen molar-refractivity contribution in [3.05, 3.63) is 23.8 Å². The van der Waals surface area contributed by atoms with E-state index >= 15 is 0 Å². The molecule has 0 saturated heterocycles. The van der Waals surface area contributed by atoms with E-state index < -0.39 is 0 Å². The van der Waals surface area contributed by atoms with Crippen molar-refractivity contribution in [3.63, 3.8) is 0 Å². The van der Waals surface area contributed by atoms with Crippen molar-refractivity contribution in [3.8, 4) is 5.75 Å². The quantitative estimate of drug-likeness (QED) is 0.289. The molecule has 0 aromatic heterocycles. The Morgan fingerprint density at radius 2 is 2.17 bits per heavy atom. The molecule has 2 rings (SSSR count). The monoisotopic (exact) mass is 266 g/mol. The van der Waals surface area contributed by atoms with E-state index in [2.05, 4.69) is 5.16 Å². The van der Waals surface area contributed by atoms with E-state index in [4.69, 9.17) is 15.7 Å². The van der Waals surface area contributed by atoms with Crippen LogP contribution in [0, 0.1) is 0 Å². The number of hydrogen-bond acceptors (Lipinski definition) is 4. The lowest BCUT2D eigenvalue weighted by Crippen LogP contribution is -2.19. The van der Waals surface area contributed by atoms with E-state index in [1.807, 2.05) is 24.5 Å². The lowest BCUT2D eigenvalue weighted by molar-refractivity contribution is 0.209. The Kier molecular flexibility index (Phi) is 4.36. The van der Waals surface area contributed by atoms with Crippen molar-refractivity contribution in [1.29, 1.82) is 0 Å². The summed E-state index contributed by atoms with van der Waals surface area (Å²) in [6.07, 6.45) is 6.81. The van der Waals surface area contributed by atoms with Gasteiger partial charge in [-0.15, -0.1) is 11.8 Å². The van der Waals surface area contributed by atoms with Crippen LogP contribution in [-0.2, 0) is 0 Å². The summed E-state index contributed by atoms with van der Waals surface area (Å²) >= 11 is 1.56. The van der Waals surface area contributed by atoms with Gasteiger partial charge in [0.2, 0.25) is 0 Å². The molecule has 1 aliphatic rings. The highest BCUT2D eigenvalue weighted by molar-refractivity contribution is 7.98. The average molecular weight is 266 g/mol. The third kappa shape index (κ3) is 2.72. The van der Waals surface area contributed by atoms with Gasteiger partial charge >= 0.3 is 0 Å². The molecule has 1 aromatic carbocycles. The van der Waals surface area contributed by atoms with Gasteiger partial charge in [0.15, 0.2) is 5.84 Å². The van der Waals surface area contributed by atoms with Gasteiger partial charge in [-0.05, 0) is 44.1 Å². The average Bonchev–Trinajstić information content (AvgIpc) is 2.90. The molecule has 3 N–H and O–H groups in total. The molecule has 4 nitrogen and oxygen atoms in total. The van der Waals surface area contributed by atoms with Crippen molar-refractivity contribution in [2.75, 3.05) is 6.26 Å². The van der Waals surface area contributed by atoms with Gasteiger partial charge < -0.3 is 15.7 Å². The minimum absolute atomic E-state index is 0.105. The minimum atomic E-state index is 0.105. The molecule has 0 radical (unpaired) electrons. The summed E-state index contributed by atoms with van der Waals surface area (Å²) in [5.41, 5.74) is 6.45. The molecule has 98 valence electrons. The Balaban J connectivity index is 2.32. The van der Waals surface area contributed by atoms with Crippen LogP contribution in [0.3, 0.4) is 0 Å². The van der Waals surface area contributed by atoms with Gasteiger partial charge in [-0.1, -0.05) is 11.2 Å². The summed E-state index contributed by atoms with van der Waals surface area (Å²) < 4.78 is 5.99. The summed E-state index contributed by atoms with van der Waals surface area (Å²) in [5, 5.41) is 12.0. The second kappa shape index (κ2) is 6.00. The van der Waals surface area contributed by atoms with Crippen LogP contribution in [0.15, 0.2) is 28.3 Å². The van der Waals surface area contributed by atoms with Crippen molar-refractivity contribution in [2.45, 2.75) is 36.7 Å². The molecule has 18 heavy (non-hydrogen) atoms. The summed E-state index contributed by atoms with van der Waals surface area (Å²) in [6.45, 7) is 0. The van der Waals surface area contributed by atoms with Gasteiger partial charge in [0.1, 0.15) is 5.75 Å². The zero-order valence-electron chi connectivity index (χ0n) is 10.4. The van der Waals surface area contributed by atoms with Crippen LogP contribution in [0.25, 0.3) is 0 Å². The summed E-state index contributed by atoms with van der Waals surface area (Å²) in [6, 6.07) is 5.76. The van der Waals surface area contributed by atoms with Crippen molar-refractivity contribution in [1.82, 2.24) is 0 Å². The van der Waals surface area contributed by atoms with Gasteiger partial charge in [-0.3, -0.25) is 0 Å². The normalized spacial score (nSPS) is 17.1. The Labute approximate surface area is 111 Å². The lowest BCUT2D eigenvalue weighted by Gasteiger charge is -2.17. The van der Waals surface area contributed by atoms with Crippen LogP contribution in [0.2, 0.25) is 0 Å². The van der Waals surface area contributed by atoms with Crippen molar-refractivity contribution < 1.29 is 9.94 Å². The van der Waals surface area contributed by atoms with Gasteiger partial charge in [0.05, 0.1) is 11.7 Å². The van der Waals surface area contributed by atoms with Gasteiger partial charge in [-0.25, -0.2) is 0 Å². The minimum Gasteiger partial charge on any atom is -0.490 e. The zero-order chi connectivity index (χ0) is 13.0. The number of hydrogen-bond donors (Lipinski definition) is 2. The Hall–Kier alpha value is -1.36. The molecule has 0 aliphatic heterocycles. The molecule has 5 heteroatoms. The fourth-order valence-corrected chi connectivity index (χ4v) is 2.89. The topological polar surface area (TPSA) is 67.8 Å². The number of nitrogens with two attached hydrogens (primary N) is 1. The molecule has 0 bridgehead atoms. The van der Waals surface area contributed by atoms with E-state index in [0.29, 0.717) is 11.3 Å². The van der Waals surface area contributed by atoms with Crippen LogP contribution >= 0.6 is 11.8 Å². The first kappa shape index (κ1) is 13.1. The number of thioether (sulfide) groups is 1. The molecule has 0 unspecified atom stereocenters. The van der Waals surface area contributed by atoms with Crippen molar-refractivity contribution >= 4 is 17.6 Å². The maximum absolute atomic E-state index is 8.89. The number of ether oxygens (including phenoxy) is 1. The maximum atomic E-state index is 8.89. The molecule has 0 spiro atoms. The van der Waals surface area contributed by atoms with Crippen LogP contribution in [0.1, 0.15) is 31.2 Å². The first-order chi connectivity index (χ1) is 8.76. The number of oxime groups is 1. The van der Waals surface area contributed by atoms with E-state index in [-0.39, 0.29) is 11.9 Å². The SMILES string of the molecule is CSc1cccc(OC2CCCC2)c1/C(N)=N/O. The largest absolute Gasteiger partial charge is 0.490 e. The molecule has 0 atom stereocenters. The third-order valence-electron chi connectivity index (χ3n) is 3.17. The highest BCUT2D eigenvalue weighted by atomic mass is 32.2. The summed E-state index contributed by atoms with van der Waals surface area (Å²) in [7, 11) is 0. The molecule has 1 saturated carbocycles. The zero-order valence-corrected chi connectivity index (χ0v) is 11.2. The Morgan fingerprint density at radius 3 is 2.78 bits per heavy atom. The summed E-state index contributed by atoms with van der Waals surface area (Å²) in [5.74, 6) is 0.817. The second-order valence-corrected chi connectivity index (χ2v) is 5.19. The van der Waals surface area contributed by atoms with Gasteiger partial charge in [0.25, 0.3) is 0 Å². The van der Waals surface area contributed by atoms with Crippen LogP contribution < -0.4 is 10.5 Å². The van der Waals surface area contributed by atoms with E-state index in [0.717, 1.165) is 17.7 Å². The van der Waals surface area contributed by atoms with Crippen molar-refractivity contribution in [2.24, 2.45) is 10.9 Å². The van der Waals surface area contributed by atoms with Crippen LogP contribution in [-0.4, -0.2) is 23.4 Å².